The molecule has 0 radical (unpaired) electrons. The van der Waals surface area contributed by atoms with Gasteiger partial charge in [-0.3, -0.25) is 5.32 Å². The zero-order valence-electron chi connectivity index (χ0n) is 15.0. The van der Waals surface area contributed by atoms with Gasteiger partial charge in [-0.05, 0) is 24.6 Å². The van der Waals surface area contributed by atoms with Gasteiger partial charge in [-0.15, -0.1) is 0 Å². The summed E-state index contributed by atoms with van der Waals surface area (Å²) in [5.74, 6) is 0.159. The molecule has 0 bridgehead atoms. The van der Waals surface area contributed by atoms with Gasteiger partial charge >= 0.3 is 0 Å². The molecule has 0 spiro atoms. The molecule has 1 unspecified atom stereocenters. The van der Waals surface area contributed by atoms with Crippen molar-refractivity contribution in [1.29, 1.82) is 10.5 Å². The maximum absolute atomic E-state index is 14.0. The molecule has 1 atom stereocenters. The van der Waals surface area contributed by atoms with Crippen molar-refractivity contribution in [3.8, 4) is 18.0 Å². The van der Waals surface area contributed by atoms with Gasteiger partial charge in [0.05, 0.1) is 12.3 Å². The van der Waals surface area contributed by atoms with Crippen LogP contribution in [0, 0.1) is 28.6 Å². The Morgan fingerprint density at radius 1 is 1.36 bits per heavy atom. The second-order valence-electron chi connectivity index (χ2n) is 5.93. The Morgan fingerprint density at radius 2 is 2.14 bits per heavy atom. The smallest absolute Gasteiger partial charge is 0.211 e. The summed E-state index contributed by atoms with van der Waals surface area (Å²) in [5, 5.41) is 23.5. The van der Waals surface area contributed by atoms with E-state index in [1.54, 1.807) is 6.19 Å². The standard InChI is InChI=1S/C18H17FN8O/c1-2-5-28-12-4-3-9(19)6-10(12)15-13-14(22)11(7-20)16(23)26-17(13)27-18(25-15)24-8-21/h3-4,6,15H,2,5H2,1H3,(H6,22,23,24,25,26,27). The van der Waals surface area contributed by atoms with Crippen molar-refractivity contribution in [3.05, 3.63) is 40.7 Å². The van der Waals surface area contributed by atoms with Crippen molar-refractivity contribution in [3.63, 3.8) is 0 Å². The molecule has 1 aromatic heterocycles. The summed E-state index contributed by atoms with van der Waals surface area (Å²) in [6.07, 6.45) is 2.51. The molecular weight excluding hydrogens is 363 g/mol. The van der Waals surface area contributed by atoms with Gasteiger partial charge in [0, 0.05) is 11.1 Å². The Labute approximate surface area is 160 Å². The highest BCUT2D eigenvalue weighted by Crippen LogP contribution is 2.43. The minimum Gasteiger partial charge on any atom is -0.493 e. The monoisotopic (exact) mass is 380 g/mol. The van der Waals surface area contributed by atoms with Gasteiger partial charge in [-0.25, -0.2) is 14.4 Å². The number of nitriles is 2. The second kappa shape index (κ2) is 7.68. The highest BCUT2D eigenvalue weighted by Gasteiger charge is 2.31. The van der Waals surface area contributed by atoms with Crippen LogP contribution in [0.1, 0.15) is 36.1 Å². The minimum atomic E-state index is -0.866. The van der Waals surface area contributed by atoms with Crippen LogP contribution in [-0.4, -0.2) is 17.6 Å². The van der Waals surface area contributed by atoms with Gasteiger partial charge in [0.1, 0.15) is 40.9 Å². The predicted molar refractivity (Wildman–Crippen MR) is 102 cm³/mol. The molecule has 1 aliphatic rings. The number of benzene rings is 1. The van der Waals surface area contributed by atoms with Crippen LogP contribution in [0.5, 0.6) is 5.75 Å². The molecule has 6 N–H and O–H groups in total. The summed E-state index contributed by atoms with van der Waals surface area (Å²) in [7, 11) is 0. The van der Waals surface area contributed by atoms with Crippen LogP contribution in [0.4, 0.5) is 21.7 Å². The molecule has 9 nitrogen and oxygen atoms in total. The third-order valence-electron chi connectivity index (χ3n) is 4.09. The Morgan fingerprint density at radius 3 is 2.82 bits per heavy atom. The van der Waals surface area contributed by atoms with E-state index in [1.165, 1.54) is 18.2 Å². The third-order valence-corrected chi connectivity index (χ3v) is 4.09. The lowest BCUT2D eigenvalue weighted by atomic mass is 9.94. The first-order valence-electron chi connectivity index (χ1n) is 8.41. The quantitative estimate of drug-likeness (QED) is 0.463. The largest absolute Gasteiger partial charge is 0.493 e. The van der Waals surface area contributed by atoms with Crippen LogP contribution in [0.25, 0.3) is 0 Å². The number of nitrogens with two attached hydrogens (primary N) is 2. The number of pyridine rings is 1. The number of nitrogen functional groups attached to an aromatic ring is 2. The van der Waals surface area contributed by atoms with Gasteiger partial charge in [0.15, 0.2) is 6.19 Å². The minimum absolute atomic E-state index is 0.00451. The normalized spacial score (nSPS) is 14.7. The SMILES string of the molecule is CCCOc1ccc(F)cc1C1N=C(NC#N)Nc2nc(N)c(C#N)c(N)c21. The lowest BCUT2D eigenvalue weighted by Crippen LogP contribution is -2.33. The summed E-state index contributed by atoms with van der Waals surface area (Å²) in [6.45, 7) is 2.36. The third kappa shape index (κ3) is 3.31. The average molecular weight is 380 g/mol. The molecule has 0 aliphatic carbocycles. The van der Waals surface area contributed by atoms with Crippen molar-refractivity contribution in [2.24, 2.45) is 4.99 Å². The van der Waals surface area contributed by atoms with Crippen molar-refractivity contribution in [2.75, 3.05) is 23.4 Å². The fraction of sp³-hybridized carbons (Fsp3) is 0.222. The van der Waals surface area contributed by atoms with E-state index < -0.39 is 11.9 Å². The lowest BCUT2D eigenvalue weighted by molar-refractivity contribution is 0.312. The Kier molecular flexibility index (Phi) is 5.14. The fourth-order valence-corrected chi connectivity index (χ4v) is 2.88. The number of anilines is 3. The second-order valence-corrected chi connectivity index (χ2v) is 5.93. The van der Waals surface area contributed by atoms with Crippen LogP contribution in [0.3, 0.4) is 0 Å². The van der Waals surface area contributed by atoms with Crippen LogP contribution in [0.15, 0.2) is 23.2 Å². The number of rotatable bonds is 4. The summed E-state index contributed by atoms with van der Waals surface area (Å²) in [5.41, 5.74) is 12.8. The number of aliphatic imine (C=N–C) groups is 1. The molecule has 1 aliphatic heterocycles. The molecular formula is C18H17FN8O. The molecule has 1 aromatic carbocycles. The number of fused-ring (bicyclic) bond motifs is 1. The highest BCUT2D eigenvalue weighted by molar-refractivity contribution is 5.98. The topological polar surface area (TPSA) is 158 Å². The van der Waals surface area contributed by atoms with E-state index in [0.717, 1.165) is 6.42 Å². The number of nitrogens with one attached hydrogen (secondary N) is 2. The van der Waals surface area contributed by atoms with Gasteiger partial charge < -0.3 is 21.5 Å². The Balaban J connectivity index is 2.25. The van der Waals surface area contributed by atoms with Gasteiger partial charge in [-0.1, -0.05) is 6.92 Å². The van der Waals surface area contributed by atoms with Crippen LogP contribution in [0.2, 0.25) is 0 Å². The number of ether oxygens (including phenoxy) is 1. The lowest BCUT2D eigenvalue weighted by Gasteiger charge is -2.27. The van der Waals surface area contributed by atoms with E-state index in [1.807, 2.05) is 13.0 Å². The number of hydrogen-bond donors (Lipinski definition) is 4. The first kappa shape index (κ1) is 18.7. The van der Waals surface area contributed by atoms with Crippen molar-refractivity contribution >= 4 is 23.3 Å². The van der Waals surface area contributed by atoms with Crippen LogP contribution in [-0.2, 0) is 0 Å². The maximum atomic E-state index is 14.0. The number of nitrogens with zero attached hydrogens (tertiary/aromatic N) is 4. The first-order valence-corrected chi connectivity index (χ1v) is 8.41. The number of aromatic nitrogens is 1. The summed E-state index contributed by atoms with van der Waals surface area (Å²) < 4.78 is 19.8. The molecule has 0 amide bonds. The van der Waals surface area contributed by atoms with Gasteiger partial charge in [-0.2, -0.15) is 10.5 Å². The molecule has 142 valence electrons. The van der Waals surface area contributed by atoms with Crippen molar-refractivity contribution in [2.45, 2.75) is 19.4 Å². The van der Waals surface area contributed by atoms with Crippen molar-refractivity contribution in [1.82, 2.24) is 10.3 Å². The molecule has 0 fully saturated rings. The van der Waals surface area contributed by atoms with E-state index in [4.69, 9.17) is 21.5 Å². The number of halogens is 1. The van der Waals surface area contributed by atoms with Crippen LogP contribution < -0.4 is 26.8 Å². The summed E-state index contributed by atoms with van der Waals surface area (Å²) in [6, 6.07) is 5.11. The van der Waals surface area contributed by atoms with Crippen molar-refractivity contribution < 1.29 is 9.13 Å². The molecule has 3 rings (SSSR count). The first-order chi connectivity index (χ1) is 13.5. The predicted octanol–water partition coefficient (Wildman–Crippen LogP) is 1.99. The van der Waals surface area contributed by atoms with Crippen LogP contribution >= 0.6 is 0 Å². The summed E-state index contributed by atoms with van der Waals surface area (Å²) in [4.78, 5) is 8.58. The van der Waals surface area contributed by atoms with E-state index in [-0.39, 0.29) is 28.8 Å². The van der Waals surface area contributed by atoms with E-state index >= 15 is 0 Å². The van der Waals surface area contributed by atoms with E-state index in [9.17, 15) is 9.65 Å². The van der Waals surface area contributed by atoms with Gasteiger partial charge in [0.2, 0.25) is 5.96 Å². The number of hydrogen-bond acceptors (Lipinski definition) is 9. The number of guanidine groups is 1. The molecule has 10 heteroatoms. The fourth-order valence-electron chi connectivity index (χ4n) is 2.88. The Bertz CT molecular complexity index is 1040. The molecule has 0 saturated heterocycles. The highest BCUT2D eigenvalue weighted by atomic mass is 19.1. The zero-order valence-corrected chi connectivity index (χ0v) is 15.0. The van der Waals surface area contributed by atoms with E-state index in [2.05, 4.69) is 20.6 Å². The van der Waals surface area contributed by atoms with E-state index in [0.29, 0.717) is 23.5 Å². The average Bonchev–Trinajstić information content (AvgIpc) is 2.66. The van der Waals surface area contributed by atoms with Gasteiger partial charge in [0.25, 0.3) is 0 Å². The molecule has 0 saturated carbocycles. The molecule has 28 heavy (non-hydrogen) atoms. The molecule has 2 aromatic rings. The molecule has 2 heterocycles. The summed E-state index contributed by atoms with van der Waals surface area (Å²) >= 11 is 0. The Hall–Kier alpha value is -4.05. The zero-order chi connectivity index (χ0) is 20.3. The maximum Gasteiger partial charge on any atom is 0.211 e.